The van der Waals surface area contributed by atoms with Crippen LogP contribution in [0.2, 0.25) is 0 Å². The summed E-state index contributed by atoms with van der Waals surface area (Å²) in [5.74, 6) is 2.55. The van der Waals surface area contributed by atoms with Gasteiger partial charge in [0.15, 0.2) is 12.3 Å². The van der Waals surface area contributed by atoms with Gasteiger partial charge in [0, 0.05) is 0 Å². The number of imidazole rings is 2. The predicted molar refractivity (Wildman–Crippen MR) is 211 cm³/mol. The molecule has 284 valence electrons. The molecule has 1 aliphatic carbocycles. The van der Waals surface area contributed by atoms with Crippen LogP contribution in [-0.2, 0) is 29.2 Å². The van der Waals surface area contributed by atoms with Gasteiger partial charge >= 0.3 is 85.8 Å². The van der Waals surface area contributed by atoms with Crippen LogP contribution >= 0.6 is 0 Å². The van der Waals surface area contributed by atoms with E-state index in [1.165, 1.54) is 32.8 Å². The SMILES string of the molecule is C.C.C.C.C.C.CC(=O)C[n+]1ccn(C(C)C)c1.CC(C)C1CCC(Cn2cc[n+](CC(=O)O)c2)C1.CC(C)CC[N+]1=CCC(=BO)C=C1. The molecule has 0 bridgehead atoms. The monoisotopic (exact) mass is 693 g/mol. The second kappa shape index (κ2) is 28.5. The molecule has 4 rings (SSSR count). The number of ketones is 1. The molecular formula is C39H79BN5O4+3. The number of hydrogen-bond donors (Lipinski definition) is 2. The number of hydrogen-bond acceptors (Lipinski definition) is 3. The molecule has 2 unspecified atom stereocenters. The Kier molecular flexibility index (Phi) is 32.1. The average molecular weight is 693 g/mol. The zero-order chi connectivity index (χ0) is 31.9. The molecule has 0 saturated heterocycles. The standard InChI is InChI=1S/C14H22N2O2.C10H17BNO.C9H15N2O.6CH4/c1-11(2)13-4-3-12(7-13)8-15-5-6-16(10-15)9-14(17)18;1-9(2)3-6-12-7-4-10(11-13)5-8-12;1-8(2)11-5-4-10(7-11)6-9(3)12;;;;;;/h5-6,10-13H,3-4,7-9H2,1-2H3;4,7-9,13H,3,5-6H2,1-2H3;4-5,7-8H,6H2,1-3H3;6*1H4/q;2*+1;;;;;;/p+1. The molecule has 0 radical (unpaired) electrons. The molecule has 2 atom stereocenters. The van der Waals surface area contributed by atoms with Gasteiger partial charge in [0.2, 0.25) is 12.7 Å². The van der Waals surface area contributed by atoms with E-state index in [-0.39, 0.29) is 56.9 Å². The third-order valence-electron chi connectivity index (χ3n) is 7.94. The van der Waals surface area contributed by atoms with Crippen molar-refractivity contribution < 1.29 is 33.4 Å². The first kappa shape index (κ1) is 55.1. The molecule has 3 heterocycles. The maximum atomic E-state index is 10.8. The van der Waals surface area contributed by atoms with Gasteiger partial charge in [-0.1, -0.05) is 58.4 Å². The first-order valence-corrected chi connectivity index (χ1v) is 15.8. The quantitative estimate of drug-likeness (QED) is 0.188. The van der Waals surface area contributed by atoms with E-state index in [0.29, 0.717) is 12.6 Å². The van der Waals surface area contributed by atoms with Crippen molar-refractivity contribution >= 4 is 30.6 Å². The zero-order valence-corrected chi connectivity index (χ0v) is 27.5. The van der Waals surface area contributed by atoms with Crippen molar-refractivity contribution in [2.24, 2.45) is 23.7 Å². The zero-order valence-electron chi connectivity index (χ0n) is 27.5. The van der Waals surface area contributed by atoms with Crippen LogP contribution in [0.1, 0.15) is 131 Å². The van der Waals surface area contributed by atoms with Crippen LogP contribution < -0.4 is 9.13 Å². The number of Topliss-reactive ketones (excluding diaryl/α,β-unsaturated/α-hetero) is 1. The summed E-state index contributed by atoms with van der Waals surface area (Å²) < 4.78 is 9.99. The Balaban J connectivity index is -0.000000190. The molecule has 1 saturated carbocycles. The summed E-state index contributed by atoms with van der Waals surface area (Å²) >= 11 is 0. The number of aliphatic carboxylic acids is 1. The van der Waals surface area contributed by atoms with Crippen molar-refractivity contribution in [1.29, 1.82) is 0 Å². The average Bonchev–Trinajstić information content (AvgIpc) is 3.70. The van der Waals surface area contributed by atoms with E-state index in [0.717, 1.165) is 48.6 Å². The fourth-order valence-corrected chi connectivity index (χ4v) is 5.26. The summed E-state index contributed by atoms with van der Waals surface area (Å²) in [4.78, 5) is 21.4. The van der Waals surface area contributed by atoms with Crippen LogP contribution in [0.5, 0.6) is 0 Å². The van der Waals surface area contributed by atoms with E-state index in [9.17, 15) is 9.59 Å². The van der Waals surface area contributed by atoms with Crippen molar-refractivity contribution in [3.63, 3.8) is 0 Å². The molecule has 0 spiro atoms. The molecule has 2 aromatic rings. The molecule has 10 heteroatoms. The fourth-order valence-electron chi connectivity index (χ4n) is 5.26. The van der Waals surface area contributed by atoms with E-state index < -0.39 is 5.97 Å². The minimum atomic E-state index is -0.793. The van der Waals surface area contributed by atoms with Crippen LogP contribution in [0.4, 0.5) is 0 Å². The third kappa shape index (κ3) is 22.1. The van der Waals surface area contributed by atoms with Gasteiger partial charge < -0.3 is 5.11 Å². The number of carbonyl (C=O) groups excluding carboxylic acids is 1. The van der Waals surface area contributed by atoms with Gasteiger partial charge in [0.25, 0.3) is 0 Å². The topological polar surface area (TPSA) is 95.2 Å². The summed E-state index contributed by atoms with van der Waals surface area (Å²) in [6, 6.07) is 0.457. The molecule has 2 aliphatic rings. The number of rotatable bonds is 11. The summed E-state index contributed by atoms with van der Waals surface area (Å²) in [5, 5.41) is 17.5. The van der Waals surface area contributed by atoms with Crippen LogP contribution in [0.25, 0.3) is 0 Å². The molecule has 49 heavy (non-hydrogen) atoms. The number of carboxylic acids is 1. The van der Waals surface area contributed by atoms with E-state index in [1.807, 2.05) is 54.3 Å². The van der Waals surface area contributed by atoms with Crippen LogP contribution in [0.3, 0.4) is 0 Å². The van der Waals surface area contributed by atoms with Gasteiger partial charge in [-0.2, -0.15) is 0 Å². The second-order valence-electron chi connectivity index (χ2n) is 13.0. The van der Waals surface area contributed by atoms with Gasteiger partial charge in [0.05, 0.1) is 12.6 Å². The van der Waals surface area contributed by atoms with Crippen LogP contribution in [0.15, 0.2) is 49.7 Å². The molecule has 0 aromatic carbocycles. The van der Waals surface area contributed by atoms with Crippen LogP contribution in [-0.4, -0.2) is 60.9 Å². The maximum absolute atomic E-state index is 10.8. The van der Waals surface area contributed by atoms with E-state index in [2.05, 4.69) is 61.5 Å². The predicted octanol–water partition coefficient (Wildman–Crippen LogP) is 7.51. The second-order valence-corrected chi connectivity index (χ2v) is 13.0. The van der Waals surface area contributed by atoms with Gasteiger partial charge in [-0.15, -0.1) is 0 Å². The number of carbonyl (C=O) groups is 2. The minimum absolute atomic E-state index is 0. The summed E-state index contributed by atoms with van der Waals surface area (Å²) in [5.41, 5.74) is 0.973. The van der Waals surface area contributed by atoms with E-state index in [1.54, 1.807) is 11.5 Å². The Labute approximate surface area is 303 Å². The Bertz CT molecular complexity index is 1240. The molecule has 1 aliphatic heterocycles. The summed E-state index contributed by atoms with van der Waals surface area (Å²) in [6.07, 6.45) is 23.7. The van der Waals surface area contributed by atoms with Gasteiger partial charge in [-0.25, -0.2) is 23.1 Å². The summed E-state index contributed by atoms with van der Waals surface area (Å²) in [6.45, 7) is 17.5. The number of aromatic nitrogens is 4. The summed E-state index contributed by atoms with van der Waals surface area (Å²) in [7, 11) is 1.17. The first-order chi connectivity index (χ1) is 20.4. The molecule has 9 nitrogen and oxygen atoms in total. The van der Waals surface area contributed by atoms with Crippen molar-refractivity contribution in [3.8, 4) is 0 Å². The molecule has 1 fully saturated rings. The Hall–Kier alpha value is -3.30. The van der Waals surface area contributed by atoms with Gasteiger partial charge in [-0.3, -0.25) is 4.79 Å². The van der Waals surface area contributed by atoms with Crippen LogP contribution in [0, 0.1) is 23.7 Å². The van der Waals surface area contributed by atoms with Crippen molar-refractivity contribution in [3.05, 3.63) is 49.7 Å². The third-order valence-corrected chi connectivity index (χ3v) is 7.94. The Morgan fingerprint density at radius 2 is 1.53 bits per heavy atom. The Morgan fingerprint density at radius 1 is 0.918 bits per heavy atom. The molecule has 2 N–H and O–H groups in total. The first-order valence-electron chi connectivity index (χ1n) is 15.8. The molecule has 0 amide bonds. The number of nitrogens with zero attached hydrogens (tertiary/aromatic N) is 5. The van der Waals surface area contributed by atoms with Gasteiger partial charge in [-0.05, 0) is 57.8 Å². The number of carboxylic acid groups (broad SMARTS) is 1. The normalized spacial score (nSPS) is 16.4. The Morgan fingerprint density at radius 3 is 1.98 bits per heavy atom. The van der Waals surface area contributed by atoms with Crippen molar-refractivity contribution in [2.45, 2.75) is 151 Å². The van der Waals surface area contributed by atoms with E-state index >= 15 is 0 Å². The van der Waals surface area contributed by atoms with Crippen molar-refractivity contribution in [2.75, 3.05) is 6.54 Å². The molecular weight excluding hydrogens is 613 g/mol. The fraction of sp³-hybridized carbons (Fsp3) is 0.692. The van der Waals surface area contributed by atoms with E-state index in [4.69, 9.17) is 10.1 Å². The van der Waals surface area contributed by atoms with Gasteiger partial charge in [0.1, 0.15) is 31.3 Å². The number of allylic oxidation sites excluding steroid dienone is 1. The van der Waals surface area contributed by atoms with Crippen molar-refractivity contribution in [1.82, 2.24) is 9.13 Å². The molecule has 2 aromatic heterocycles.